The van der Waals surface area contributed by atoms with Crippen LogP contribution in [0, 0.1) is 20.6 Å². The maximum Gasteiger partial charge on any atom is 0.313 e. The molecule has 0 aliphatic carbocycles. The van der Waals surface area contributed by atoms with Crippen molar-refractivity contribution in [1.82, 2.24) is 4.98 Å². The highest BCUT2D eigenvalue weighted by molar-refractivity contribution is 14.1. The first-order valence-electron chi connectivity index (χ1n) is 8.39. The van der Waals surface area contributed by atoms with Crippen LogP contribution in [0.5, 0.6) is 5.75 Å². The minimum absolute atomic E-state index is 0.0940. The topological polar surface area (TPSA) is 89.7 Å². The zero-order valence-corrected chi connectivity index (χ0v) is 17.2. The molecule has 1 N–H and O–H groups in total. The number of aryl methyl sites for hydroxylation is 1. The lowest BCUT2D eigenvalue weighted by Gasteiger charge is -2.09. The number of hydrogen-bond acceptors (Lipinski definition) is 6. The van der Waals surface area contributed by atoms with Gasteiger partial charge in [-0.15, -0.1) is 0 Å². The van der Waals surface area contributed by atoms with E-state index in [1.807, 2.05) is 30.3 Å². The third-order valence-corrected chi connectivity index (χ3v) is 4.68. The molecule has 0 bridgehead atoms. The van der Waals surface area contributed by atoms with E-state index in [9.17, 15) is 10.1 Å². The molecule has 0 fully saturated rings. The standard InChI is InChI=1S/C20H17IN4O3/c1-14-4-6-15(7-5-14)13-28-19-9-8-16(11-17(19)21)12-23-24-20-18(25(26)27)3-2-10-22-20/h2-12H,13H2,1H3,(H,22,24)/b23-12-. The predicted molar refractivity (Wildman–Crippen MR) is 117 cm³/mol. The fraction of sp³-hybridized carbons (Fsp3) is 0.100. The van der Waals surface area contributed by atoms with Crippen LogP contribution in [0.1, 0.15) is 16.7 Å². The summed E-state index contributed by atoms with van der Waals surface area (Å²) in [6.45, 7) is 2.55. The summed E-state index contributed by atoms with van der Waals surface area (Å²) in [5.74, 6) is 0.878. The van der Waals surface area contributed by atoms with E-state index in [0.29, 0.717) is 6.61 Å². The summed E-state index contributed by atoms with van der Waals surface area (Å²) in [5.41, 5.74) is 5.63. The number of nitrogens with one attached hydrogen (secondary N) is 1. The molecule has 0 unspecified atom stereocenters. The number of nitro groups is 1. The molecule has 8 heteroatoms. The summed E-state index contributed by atoms with van der Waals surface area (Å²) in [6, 6.07) is 16.7. The number of nitrogens with zero attached hydrogens (tertiary/aromatic N) is 3. The number of pyridine rings is 1. The first-order chi connectivity index (χ1) is 13.5. The Labute approximate surface area is 175 Å². The quantitative estimate of drug-likeness (QED) is 0.221. The predicted octanol–water partition coefficient (Wildman–Crippen LogP) is 4.93. The highest BCUT2D eigenvalue weighted by Crippen LogP contribution is 2.23. The van der Waals surface area contributed by atoms with Crippen molar-refractivity contribution in [1.29, 1.82) is 0 Å². The van der Waals surface area contributed by atoms with Gasteiger partial charge in [0.05, 0.1) is 14.7 Å². The Bertz CT molecular complexity index is 1010. The average molecular weight is 488 g/mol. The molecule has 1 heterocycles. The van der Waals surface area contributed by atoms with E-state index < -0.39 is 4.92 Å². The third kappa shape index (κ3) is 5.26. The monoisotopic (exact) mass is 488 g/mol. The summed E-state index contributed by atoms with van der Waals surface area (Å²) in [7, 11) is 0. The Kier molecular flexibility index (Phi) is 6.53. The molecule has 142 valence electrons. The largest absolute Gasteiger partial charge is 0.488 e. The van der Waals surface area contributed by atoms with Crippen molar-refractivity contribution < 1.29 is 9.66 Å². The highest BCUT2D eigenvalue weighted by Gasteiger charge is 2.12. The minimum Gasteiger partial charge on any atom is -0.488 e. The molecule has 0 radical (unpaired) electrons. The highest BCUT2D eigenvalue weighted by atomic mass is 127. The van der Waals surface area contributed by atoms with Gasteiger partial charge in [0, 0.05) is 12.3 Å². The summed E-state index contributed by atoms with van der Waals surface area (Å²) in [4.78, 5) is 14.4. The van der Waals surface area contributed by atoms with E-state index in [0.717, 1.165) is 20.4 Å². The molecule has 0 saturated heterocycles. The van der Waals surface area contributed by atoms with Crippen molar-refractivity contribution in [3.05, 3.63) is 91.2 Å². The number of anilines is 1. The van der Waals surface area contributed by atoms with Crippen LogP contribution in [0.25, 0.3) is 0 Å². The van der Waals surface area contributed by atoms with Crippen LogP contribution in [-0.2, 0) is 6.61 Å². The summed E-state index contributed by atoms with van der Waals surface area (Å²) in [5, 5.41) is 15.0. The number of hydrazone groups is 1. The van der Waals surface area contributed by atoms with E-state index in [1.165, 1.54) is 23.9 Å². The molecule has 7 nitrogen and oxygen atoms in total. The number of rotatable bonds is 7. The van der Waals surface area contributed by atoms with Gasteiger partial charge in [0.2, 0.25) is 5.82 Å². The van der Waals surface area contributed by atoms with Crippen molar-refractivity contribution in [2.75, 3.05) is 5.43 Å². The molecule has 3 aromatic rings. The van der Waals surface area contributed by atoms with E-state index in [1.54, 1.807) is 6.21 Å². The van der Waals surface area contributed by atoms with Crippen molar-refractivity contribution in [3.63, 3.8) is 0 Å². The molecular weight excluding hydrogens is 471 g/mol. The van der Waals surface area contributed by atoms with Gasteiger partial charge in [0.25, 0.3) is 0 Å². The van der Waals surface area contributed by atoms with Gasteiger partial charge in [0.1, 0.15) is 12.4 Å². The van der Waals surface area contributed by atoms with E-state index in [4.69, 9.17) is 4.74 Å². The maximum atomic E-state index is 11.0. The molecule has 3 rings (SSSR count). The van der Waals surface area contributed by atoms with E-state index in [-0.39, 0.29) is 11.5 Å². The number of hydrogen-bond donors (Lipinski definition) is 1. The molecule has 0 amide bonds. The molecular formula is C20H17IN4O3. The van der Waals surface area contributed by atoms with Crippen LogP contribution in [0.4, 0.5) is 11.5 Å². The Morgan fingerprint density at radius 1 is 1.25 bits per heavy atom. The Morgan fingerprint density at radius 2 is 2.04 bits per heavy atom. The van der Waals surface area contributed by atoms with Crippen LogP contribution >= 0.6 is 22.6 Å². The Balaban J connectivity index is 1.63. The number of aromatic nitrogens is 1. The first kappa shape index (κ1) is 19.7. The zero-order valence-electron chi connectivity index (χ0n) is 15.0. The van der Waals surface area contributed by atoms with E-state index in [2.05, 4.69) is 57.2 Å². The van der Waals surface area contributed by atoms with Crippen LogP contribution in [0.2, 0.25) is 0 Å². The van der Waals surface area contributed by atoms with Crippen LogP contribution in [-0.4, -0.2) is 16.1 Å². The second-order valence-corrected chi connectivity index (χ2v) is 7.12. The average Bonchev–Trinajstić information content (AvgIpc) is 2.69. The van der Waals surface area contributed by atoms with Gasteiger partial charge >= 0.3 is 5.69 Å². The van der Waals surface area contributed by atoms with Crippen molar-refractivity contribution >= 4 is 40.3 Å². The smallest absolute Gasteiger partial charge is 0.313 e. The minimum atomic E-state index is -0.506. The lowest BCUT2D eigenvalue weighted by atomic mass is 10.2. The molecule has 0 atom stereocenters. The molecule has 0 spiro atoms. The molecule has 0 aliphatic heterocycles. The van der Waals surface area contributed by atoms with E-state index >= 15 is 0 Å². The number of benzene rings is 2. The molecule has 0 saturated carbocycles. The lowest BCUT2D eigenvalue weighted by Crippen LogP contribution is -2.00. The Hall–Kier alpha value is -3.01. The SMILES string of the molecule is Cc1ccc(COc2ccc(/C=N\Nc3ncccc3[N+](=O)[O-])cc2I)cc1. The number of halogens is 1. The Morgan fingerprint density at radius 3 is 2.75 bits per heavy atom. The fourth-order valence-electron chi connectivity index (χ4n) is 2.36. The summed E-state index contributed by atoms with van der Waals surface area (Å²) < 4.78 is 6.82. The molecule has 1 aromatic heterocycles. The second kappa shape index (κ2) is 9.27. The molecule has 2 aromatic carbocycles. The van der Waals surface area contributed by atoms with Crippen LogP contribution in [0.3, 0.4) is 0 Å². The fourth-order valence-corrected chi connectivity index (χ4v) is 3.05. The van der Waals surface area contributed by atoms with Crippen LogP contribution in [0.15, 0.2) is 65.9 Å². The summed E-state index contributed by atoms with van der Waals surface area (Å²) in [6.07, 6.45) is 3.04. The maximum absolute atomic E-state index is 11.0. The normalized spacial score (nSPS) is 10.8. The van der Waals surface area contributed by atoms with Crippen LogP contribution < -0.4 is 10.2 Å². The zero-order chi connectivity index (χ0) is 19.9. The third-order valence-electron chi connectivity index (χ3n) is 3.84. The van der Waals surface area contributed by atoms with Gasteiger partial charge in [-0.25, -0.2) is 4.98 Å². The molecule has 0 aliphatic rings. The van der Waals surface area contributed by atoms with Gasteiger partial charge in [-0.2, -0.15) is 5.10 Å². The van der Waals surface area contributed by atoms with Crippen molar-refractivity contribution in [2.45, 2.75) is 13.5 Å². The lowest BCUT2D eigenvalue weighted by molar-refractivity contribution is -0.384. The van der Waals surface area contributed by atoms with Crippen molar-refractivity contribution in [2.24, 2.45) is 5.10 Å². The van der Waals surface area contributed by atoms with Gasteiger partial charge in [-0.05, 0) is 64.9 Å². The second-order valence-electron chi connectivity index (χ2n) is 5.96. The summed E-state index contributed by atoms with van der Waals surface area (Å²) >= 11 is 2.20. The van der Waals surface area contributed by atoms with Crippen molar-refractivity contribution in [3.8, 4) is 5.75 Å². The van der Waals surface area contributed by atoms with Gasteiger partial charge < -0.3 is 4.74 Å². The van der Waals surface area contributed by atoms with Gasteiger partial charge in [0.15, 0.2) is 0 Å². The van der Waals surface area contributed by atoms with Gasteiger partial charge in [-0.1, -0.05) is 29.8 Å². The van der Waals surface area contributed by atoms with Gasteiger partial charge in [-0.3, -0.25) is 15.5 Å². The molecule has 28 heavy (non-hydrogen) atoms. The number of ether oxygens (including phenoxy) is 1. The first-order valence-corrected chi connectivity index (χ1v) is 9.47.